The third kappa shape index (κ3) is 1.67. The second-order valence-corrected chi connectivity index (χ2v) is 2.89. The number of hydrogen-bond acceptors (Lipinski definition) is 3. The van der Waals surface area contributed by atoms with E-state index in [4.69, 9.17) is 4.42 Å². The van der Waals surface area contributed by atoms with Gasteiger partial charge < -0.3 is 9.15 Å². The van der Waals surface area contributed by atoms with Crippen LogP contribution >= 0.6 is 0 Å². The van der Waals surface area contributed by atoms with Crippen LogP contribution < -0.4 is 0 Å². The first-order valence-corrected chi connectivity index (χ1v) is 3.82. The first kappa shape index (κ1) is 8.84. The molecular formula is C9H12O3. The van der Waals surface area contributed by atoms with E-state index in [0.717, 1.165) is 5.56 Å². The van der Waals surface area contributed by atoms with E-state index in [2.05, 4.69) is 4.74 Å². The molecule has 0 atom stereocenters. The van der Waals surface area contributed by atoms with Crippen LogP contribution in [0.4, 0.5) is 0 Å². The molecule has 0 aliphatic heterocycles. The quantitative estimate of drug-likeness (QED) is 0.635. The zero-order valence-corrected chi connectivity index (χ0v) is 7.46. The first-order chi connectivity index (χ1) is 5.65. The number of rotatable bonds is 2. The molecule has 0 bridgehead atoms. The van der Waals surface area contributed by atoms with Gasteiger partial charge in [-0.05, 0) is 17.5 Å². The number of methoxy groups -OCH3 is 1. The molecule has 0 amide bonds. The fraction of sp³-hybridized carbons (Fsp3) is 0.444. The van der Waals surface area contributed by atoms with Crippen LogP contribution in [0.15, 0.2) is 16.7 Å². The molecule has 0 saturated heterocycles. The summed E-state index contributed by atoms with van der Waals surface area (Å²) >= 11 is 0. The molecule has 0 N–H and O–H groups in total. The van der Waals surface area contributed by atoms with E-state index in [1.807, 2.05) is 13.8 Å². The number of carbonyl (C=O) groups is 1. The normalized spacial score (nSPS) is 10.3. The summed E-state index contributed by atoms with van der Waals surface area (Å²) in [5.41, 5.74) is 1.01. The van der Waals surface area contributed by atoms with E-state index in [9.17, 15) is 4.79 Å². The Hall–Kier alpha value is -1.25. The van der Waals surface area contributed by atoms with Crippen LogP contribution in [0.2, 0.25) is 0 Å². The van der Waals surface area contributed by atoms with Gasteiger partial charge in [-0.25, -0.2) is 4.79 Å². The van der Waals surface area contributed by atoms with E-state index >= 15 is 0 Å². The molecule has 0 spiro atoms. The van der Waals surface area contributed by atoms with Crippen LogP contribution in [0.3, 0.4) is 0 Å². The molecule has 0 aromatic carbocycles. The molecule has 0 saturated carbocycles. The molecule has 0 aliphatic rings. The number of ether oxygens (including phenoxy) is 1. The average molecular weight is 168 g/mol. The Morgan fingerprint density at radius 3 is 2.67 bits per heavy atom. The van der Waals surface area contributed by atoms with Crippen LogP contribution in [0.5, 0.6) is 0 Å². The lowest BCUT2D eigenvalue weighted by Crippen LogP contribution is -1.98. The van der Waals surface area contributed by atoms with Gasteiger partial charge in [0.2, 0.25) is 5.76 Å². The highest BCUT2D eigenvalue weighted by molar-refractivity contribution is 5.86. The molecule has 1 aromatic rings. The van der Waals surface area contributed by atoms with Crippen molar-refractivity contribution in [2.24, 2.45) is 0 Å². The molecule has 1 heterocycles. The minimum Gasteiger partial charge on any atom is -0.463 e. The van der Waals surface area contributed by atoms with Gasteiger partial charge in [0.25, 0.3) is 0 Å². The highest BCUT2D eigenvalue weighted by Gasteiger charge is 2.12. The van der Waals surface area contributed by atoms with E-state index in [0.29, 0.717) is 5.92 Å². The highest BCUT2D eigenvalue weighted by atomic mass is 16.5. The zero-order valence-electron chi connectivity index (χ0n) is 7.46. The third-order valence-corrected chi connectivity index (χ3v) is 1.67. The van der Waals surface area contributed by atoms with Gasteiger partial charge in [0, 0.05) is 0 Å². The molecular weight excluding hydrogens is 156 g/mol. The lowest BCUT2D eigenvalue weighted by Gasteiger charge is -1.95. The summed E-state index contributed by atoms with van der Waals surface area (Å²) in [6, 6.07) is 1.70. The van der Waals surface area contributed by atoms with Crippen molar-refractivity contribution < 1.29 is 13.9 Å². The topological polar surface area (TPSA) is 39.4 Å². The average Bonchev–Trinajstić information content (AvgIpc) is 2.51. The molecule has 1 aromatic heterocycles. The van der Waals surface area contributed by atoms with E-state index in [1.165, 1.54) is 7.11 Å². The van der Waals surface area contributed by atoms with Crippen molar-refractivity contribution in [1.29, 1.82) is 0 Å². The SMILES string of the molecule is COC(=O)c1cc(C(C)C)co1. The number of hydrogen-bond donors (Lipinski definition) is 0. The van der Waals surface area contributed by atoms with Crippen molar-refractivity contribution in [3.8, 4) is 0 Å². The molecule has 0 radical (unpaired) electrons. The lowest BCUT2D eigenvalue weighted by molar-refractivity contribution is 0.0565. The largest absolute Gasteiger partial charge is 0.463 e. The van der Waals surface area contributed by atoms with Crippen molar-refractivity contribution >= 4 is 5.97 Å². The van der Waals surface area contributed by atoms with E-state index in [1.54, 1.807) is 12.3 Å². The fourth-order valence-electron chi connectivity index (χ4n) is 0.861. The maximum absolute atomic E-state index is 10.9. The van der Waals surface area contributed by atoms with Gasteiger partial charge in [0.15, 0.2) is 0 Å². The molecule has 3 heteroatoms. The molecule has 0 aliphatic carbocycles. The van der Waals surface area contributed by atoms with E-state index in [-0.39, 0.29) is 5.76 Å². The van der Waals surface area contributed by atoms with Gasteiger partial charge in [0.1, 0.15) is 0 Å². The Morgan fingerprint density at radius 1 is 1.58 bits per heavy atom. The minimum absolute atomic E-state index is 0.265. The van der Waals surface area contributed by atoms with Gasteiger partial charge in [-0.3, -0.25) is 0 Å². The Balaban J connectivity index is 2.84. The molecule has 3 nitrogen and oxygen atoms in total. The predicted molar refractivity (Wildman–Crippen MR) is 44.1 cm³/mol. The summed E-state index contributed by atoms with van der Waals surface area (Å²) < 4.78 is 9.50. The third-order valence-electron chi connectivity index (χ3n) is 1.67. The standard InChI is InChI=1S/C9H12O3/c1-6(2)7-4-8(12-5-7)9(10)11-3/h4-6H,1-3H3. The van der Waals surface area contributed by atoms with Crippen molar-refractivity contribution in [1.82, 2.24) is 0 Å². The lowest BCUT2D eigenvalue weighted by atomic mass is 10.1. The number of esters is 1. The Labute approximate surface area is 71.3 Å². The molecule has 12 heavy (non-hydrogen) atoms. The maximum atomic E-state index is 10.9. The predicted octanol–water partition coefficient (Wildman–Crippen LogP) is 2.19. The van der Waals surface area contributed by atoms with Crippen molar-refractivity contribution in [3.63, 3.8) is 0 Å². The summed E-state index contributed by atoms with van der Waals surface area (Å²) in [5.74, 6) is 0.204. The Kier molecular flexibility index (Phi) is 2.53. The van der Waals surface area contributed by atoms with E-state index < -0.39 is 5.97 Å². The van der Waals surface area contributed by atoms with Gasteiger partial charge in [0.05, 0.1) is 13.4 Å². The van der Waals surface area contributed by atoms with Gasteiger partial charge in [-0.2, -0.15) is 0 Å². The Bertz CT molecular complexity index is 273. The smallest absolute Gasteiger partial charge is 0.373 e. The van der Waals surface area contributed by atoms with Gasteiger partial charge >= 0.3 is 5.97 Å². The summed E-state index contributed by atoms with van der Waals surface area (Å²) in [5, 5.41) is 0. The summed E-state index contributed by atoms with van der Waals surface area (Å²) in [6.45, 7) is 4.07. The van der Waals surface area contributed by atoms with Crippen molar-refractivity contribution in [3.05, 3.63) is 23.7 Å². The molecule has 0 fully saturated rings. The Morgan fingerprint density at radius 2 is 2.25 bits per heavy atom. The number of carbonyl (C=O) groups excluding carboxylic acids is 1. The molecule has 66 valence electrons. The second kappa shape index (κ2) is 3.43. The zero-order chi connectivity index (χ0) is 9.14. The monoisotopic (exact) mass is 168 g/mol. The van der Waals surface area contributed by atoms with Crippen LogP contribution in [0, 0.1) is 0 Å². The van der Waals surface area contributed by atoms with Crippen LogP contribution in [-0.2, 0) is 4.74 Å². The summed E-state index contributed by atoms with van der Waals surface area (Å²) in [7, 11) is 1.33. The van der Waals surface area contributed by atoms with Crippen molar-refractivity contribution in [2.75, 3.05) is 7.11 Å². The van der Waals surface area contributed by atoms with Gasteiger partial charge in [-0.1, -0.05) is 13.8 Å². The van der Waals surface area contributed by atoms with Crippen molar-refractivity contribution in [2.45, 2.75) is 19.8 Å². The maximum Gasteiger partial charge on any atom is 0.373 e. The highest BCUT2D eigenvalue weighted by Crippen LogP contribution is 2.17. The van der Waals surface area contributed by atoms with Crippen LogP contribution in [0.25, 0.3) is 0 Å². The van der Waals surface area contributed by atoms with Gasteiger partial charge in [-0.15, -0.1) is 0 Å². The van der Waals surface area contributed by atoms with Crippen LogP contribution in [-0.4, -0.2) is 13.1 Å². The fourth-order valence-corrected chi connectivity index (χ4v) is 0.861. The molecule has 1 rings (SSSR count). The molecule has 0 unspecified atom stereocenters. The summed E-state index contributed by atoms with van der Waals surface area (Å²) in [6.07, 6.45) is 1.58. The number of furan rings is 1. The minimum atomic E-state index is -0.429. The first-order valence-electron chi connectivity index (χ1n) is 3.82. The summed E-state index contributed by atoms with van der Waals surface area (Å²) in [4.78, 5) is 10.9. The second-order valence-electron chi connectivity index (χ2n) is 2.89. The van der Waals surface area contributed by atoms with Crippen LogP contribution in [0.1, 0.15) is 35.9 Å².